The van der Waals surface area contributed by atoms with Crippen LogP contribution in [0.2, 0.25) is 0 Å². The fraction of sp³-hybridized carbons (Fsp3) is 0.333. The molecule has 2 aromatic rings. The van der Waals surface area contributed by atoms with Gasteiger partial charge in [0.25, 0.3) is 5.91 Å². The van der Waals surface area contributed by atoms with Gasteiger partial charge in [-0.05, 0) is 60.5 Å². The number of ether oxygens (including phenoxy) is 2. The van der Waals surface area contributed by atoms with Crippen LogP contribution in [0.1, 0.15) is 42.7 Å². The molecule has 1 aromatic heterocycles. The molecule has 1 unspecified atom stereocenters. The molecule has 1 N–H and O–H groups in total. The molecule has 0 aliphatic heterocycles. The van der Waals surface area contributed by atoms with Crippen LogP contribution in [-0.4, -0.2) is 24.1 Å². The van der Waals surface area contributed by atoms with Crippen molar-refractivity contribution < 1.29 is 14.3 Å². The van der Waals surface area contributed by atoms with Crippen LogP contribution < -0.4 is 14.8 Å². The Hall–Kier alpha value is -2.08. The zero-order chi connectivity index (χ0) is 17.7. The molecule has 0 aliphatic rings. The van der Waals surface area contributed by atoms with Gasteiger partial charge in [0.15, 0.2) is 11.5 Å². The molecule has 128 valence electrons. The maximum absolute atomic E-state index is 12.3. The number of amides is 1. The SMILES string of the molecule is COc1cc(C(C)NC(=O)c2cncc(Br)c2)ccc1OC(C)C. The van der Waals surface area contributed by atoms with Crippen LogP contribution in [0.4, 0.5) is 0 Å². The van der Waals surface area contributed by atoms with Crippen molar-refractivity contribution in [1.82, 2.24) is 10.3 Å². The number of nitrogens with one attached hydrogen (secondary N) is 1. The summed E-state index contributed by atoms with van der Waals surface area (Å²) in [5, 5.41) is 2.96. The minimum Gasteiger partial charge on any atom is -0.493 e. The average Bonchev–Trinajstić information content (AvgIpc) is 2.54. The van der Waals surface area contributed by atoms with E-state index in [0.717, 1.165) is 10.0 Å². The minimum absolute atomic E-state index is 0.0610. The summed E-state index contributed by atoms with van der Waals surface area (Å²) in [7, 11) is 1.60. The number of rotatable bonds is 6. The Morgan fingerprint density at radius 2 is 1.92 bits per heavy atom. The second-order valence-electron chi connectivity index (χ2n) is 5.66. The Morgan fingerprint density at radius 3 is 2.54 bits per heavy atom. The predicted octanol–water partition coefficient (Wildman–Crippen LogP) is 4.13. The van der Waals surface area contributed by atoms with Crippen molar-refractivity contribution in [2.45, 2.75) is 32.9 Å². The molecule has 0 aliphatic carbocycles. The van der Waals surface area contributed by atoms with Crippen molar-refractivity contribution in [1.29, 1.82) is 0 Å². The van der Waals surface area contributed by atoms with Gasteiger partial charge in [0.1, 0.15) is 0 Å². The molecule has 5 nitrogen and oxygen atoms in total. The van der Waals surface area contributed by atoms with E-state index in [1.54, 1.807) is 19.4 Å². The summed E-state index contributed by atoms with van der Waals surface area (Å²) in [4.78, 5) is 16.3. The van der Waals surface area contributed by atoms with Crippen molar-refractivity contribution in [2.75, 3.05) is 7.11 Å². The van der Waals surface area contributed by atoms with Crippen molar-refractivity contribution in [3.63, 3.8) is 0 Å². The smallest absolute Gasteiger partial charge is 0.253 e. The number of halogens is 1. The Morgan fingerprint density at radius 1 is 1.17 bits per heavy atom. The lowest BCUT2D eigenvalue weighted by atomic mass is 10.1. The molecular formula is C18H21BrN2O3. The Bertz CT molecular complexity index is 719. The van der Waals surface area contributed by atoms with E-state index < -0.39 is 0 Å². The Balaban J connectivity index is 2.14. The molecule has 0 fully saturated rings. The van der Waals surface area contributed by atoms with Gasteiger partial charge in [-0.3, -0.25) is 9.78 Å². The monoisotopic (exact) mass is 392 g/mol. The van der Waals surface area contributed by atoms with Gasteiger partial charge in [-0.1, -0.05) is 6.07 Å². The highest BCUT2D eigenvalue weighted by molar-refractivity contribution is 9.10. The third-order valence-electron chi connectivity index (χ3n) is 3.37. The number of carbonyl (C=O) groups excluding carboxylic acids is 1. The van der Waals surface area contributed by atoms with Gasteiger partial charge in [0.2, 0.25) is 0 Å². The molecule has 2 rings (SSSR count). The van der Waals surface area contributed by atoms with Gasteiger partial charge in [0, 0.05) is 16.9 Å². The van der Waals surface area contributed by atoms with Gasteiger partial charge < -0.3 is 14.8 Å². The van der Waals surface area contributed by atoms with E-state index in [2.05, 4.69) is 26.2 Å². The van der Waals surface area contributed by atoms with Crippen molar-refractivity contribution in [2.24, 2.45) is 0 Å². The molecule has 0 saturated heterocycles. The zero-order valence-corrected chi connectivity index (χ0v) is 15.8. The first-order valence-corrected chi connectivity index (χ1v) is 8.46. The number of benzene rings is 1. The van der Waals surface area contributed by atoms with E-state index in [4.69, 9.17) is 9.47 Å². The number of nitrogens with zero attached hydrogens (tertiary/aromatic N) is 1. The maximum Gasteiger partial charge on any atom is 0.253 e. The summed E-state index contributed by atoms with van der Waals surface area (Å²) < 4.78 is 11.9. The second-order valence-corrected chi connectivity index (χ2v) is 6.58. The van der Waals surface area contributed by atoms with E-state index in [-0.39, 0.29) is 18.1 Å². The summed E-state index contributed by atoms with van der Waals surface area (Å²) in [5.41, 5.74) is 1.43. The fourth-order valence-electron chi connectivity index (χ4n) is 2.20. The lowest BCUT2D eigenvalue weighted by Gasteiger charge is -2.18. The van der Waals surface area contributed by atoms with E-state index in [1.807, 2.05) is 39.0 Å². The predicted molar refractivity (Wildman–Crippen MR) is 96.6 cm³/mol. The molecule has 1 heterocycles. The van der Waals surface area contributed by atoms with Crippen LogP contribution >= 0.6 is 15.9 Å². The highest BCUT2D eigenvalue weighted by atomic mass is 79.9. The molecular weight excluding hydrogens is 372 g/mol. The van der Waals surface area contributed by atoms with Crippen molar-refractivity contribution in [3.8, 4) is 11.5 Å². The van der Waals surface area contributed by atoms with Gasteiger partial charge in [-0.15, -0.1) is 0 Å². The van der Waals surface area contributed by atoms with Gasteiger partial charge in [0.05, 0.1) is 24.8 Å². The highest BCUT2D eigenvalue weighted by Gasteiger charge is 2.15. The summed E-state index contributed by atoms with van der Waals surface area (Å²) in [6.45, 7) is 5.84. The fourth-order valence-corrected chi connectivity index (χ4v) is 2.57. The molecule has 1 amide bonds. The van der Waals surface area contributed by atoms with Gasteiger partial charge >= 0.3 is 0 Å². The number of aromatic nitrogens is 1. The van der Waals surface area contributed by atoms with Crippen LogP contribution in [0.3, 0.4) is 0 Å². The Kier molecular flexibility index (Phi) is 6.20. The van der Waals surface area contributed by atoms with E-state index in [0.29, 0.717) is 17.1 Å². The summed E-state index contributed by atoms with van der Waals surface area (Å²) >= 11 is 3.32. The Labute approximate surface area is 150 Å². The normalized spacial score (nSPS) is 11.9. The van der Waals surface area contributed by atoms with E-state index >= 15 is 0 Å². The number of hydrogen-bond acceptors (Lipinski definition) is 4. The van der Waals surface area contributed by atoms with Crippen molar-refractivity contribution >= 4 is 21.8 Å². The molecule has 0 bridgehead atoms. The maximum atomic E-state index is 12.3. The number of hydrogen-bond donors (Lipinski definition) is 1. The number of carbonyl (C=O) groups is 1. The lowest BCUT2D eigenvalue weighted by Crippen LogP contribution is -2.26. The quantitative estimate of drug-likeness (QED) is 0.802. The summed E-state index contributed by atoms with van der Waals surface area (Å²) in [6, 6.07) is 7.21. The topological polar surface area (TPSA) is 60.5 Å². The standard InChI is InChI=1S/C18H21BrN2O3/c1-11(2)24-16-6-5-13(8-17(16)23-4)12(3)21-18(22)14-7-15(19)10-20-9-14/h5-12H,1-4H3,(H,21,22). The minimum atomic E-state index is -0.183. The molecule has 6 heteroatoms. The third kappa shape index (κ3) is 4.71. The molecule has 0 saturated carbocycles. The van der Waals surface area contributed by atoms with Crippen molar-refractivity contribution in [3.05, 3.63) is 52.3 Å². The first-order chi connectivity index (χ1) is 11.4. The number of methoxy groups -OCH3 is 1. The van der Waals surface area contributed by atoms with Crippen LogP contribution in [0, 0.1) is 0 Å². The van der Waals surface area contributed by atoms with Gasteiger partial charge in [-0.2, -0.15) is 0 Å². The van der Waals surface area contributed by atoms with E-state index in [9.17, 15) is 4.79 Å². The molecule has 0 spiro atoms. The largest absolute Gasteiger partial charge is 0.493 e. The van der Waals surface area contributed by atoms with E-state index in [1.165, 1.54) is 6.20 Å². The molecule has 24 heavy (non-hydrogen) atoms. The molecule has 0 radical (unpaired) electrons. The molecule has 1 atom stereocenters. The third-order valence-corrected chi connectivity index (χ3v) is 3.80. The number of pyridine rings is 1. The molecule has 1 aromatic carbocycles. The summed E-state index contributed by atoms with van der Waals surface area (Å²) in [6.07, 6.45) is 3.23. The van der Waals surface area contributed by atoms with Crippen LogP contribution in [0.5, 0.6) is 11.5 Å². The van der Waals surface area contributed by atoms with Crippen LogP contribution in [0.15, 0.2) is 41.1 Å². The van der Waals surface area contributed by atoms with Crippen LogP contribution in [0.25, 0.3) is 0 Å². The second kappa shape index (κ2) is 8.15. The zero-order valence-electron chi connectivity index (χ0n) is 14.2. The first-order valence-electron chi connectivity index (χ1n) is 7.66. The van der Waals surface area contributed by atoms with Gasteiger partial charge in [-0.25, -0.2) is 0 Å². The first kappa shape index (κ1) is 18.3. The van der Waals surface area contributed by atoms with Crippen LogP contribution in [-0.2, 0) is 0 Å². The average molecular weight is 393 g/mol. The lowest BCUT2D eigenvalue weighted by molar-refractivity contribution is 0.0939. The summed E-state index contributed by atoms with van der Waals surface area (Å²) in [5.74, 6) is 1.15. The highest BCUT2D eigenvalue weighted by Crippen LogP contribution is 2.31.